The maximum atomic E-state index is 6.08. The summed E-state index contributed by atoms with van der Waals surface area (Å²) in [6.45, 7) is 5.21. The number of nitrogens with zero attached hydrogens (tertiary/aromatic N) is 2. The van der Waals surface area contributed by atoms with Gasteiger partial charge in [-0.25, -0.2) is 0 Å². The molecule has 1 saturated heterocycles. The standard InChI is InChI=1S/C20H25Cl2N3O/c21-19-6-5-17(12-20(19)22)26-18-11-16(13-23-14-18)25-8-2-7-24(9-10-25)15-3-1-4-15/h5-6,11-13,15,23H,1-4,7-10,14H2. The first-order valence-electron chi connectivity index (χ1n) is 9.45. The van der Waals surface area contributed by atoms with Crippen LogP contribution in [0.1, 0.15) is 25.7 Å². The molecule has 2 heterocycles. The van der Waals surface area contributed by atoms with Crippen molar-refractivity contribution in [3.8, 4) is 5.75 Å². The van der Waals surface area contributed by atoms with Gasteiger partial charge in [0.05, 0.1) is 22.3 Å². The van der Waals surface area contributed by atoms with Crippen molar-refractivity contribution < 1.29 is 4.74 Å². The zero-order chi connectivity index (χ0) is 17.9. The second-order valence-corrected chi connectivity index (χ2v) is 8.01. The van der Waals surface area contributed by atoms with Crippen LogP contribution in [-0.2, 0) is 0 Å². The Kier molecular flexibility index (Phi) is 5.63. The third-order valence-electron chi connectivity index (χ3n) is 5.46. The molecule has 2 fully saturated rings. The van der Waals surface area contributed by atoms with Crippen LogP contribution in [0.5, 0.6) is 5.75 Å². The summed E-state index contributed by atoms with van der Waals surface area (Å²) in [5, 5.41) is 4.38. The molecule has 6 heteroatoms. The third kappa shape index (κ3) is 4.13. The number of allylic oxidation sites excluding steroid dienone is 1. The number of benzene rings is 1. The van der Waals surface area contributed by atoms with E-state index in [9.17, 15) is 0 Å². The zero-order valence-electron chi connectivity index (χ0n) is 14.9. The molecule has 3 aliphatic rings. The molecule has 1 N–H and O–H groups in total. The Morgan fingerprint density at radius 2 is 1.88 bits per heavy atom. The van der Waals surface area contributed by atoms with Crippen molar-refractivity contribution in [3.63, 3.8) is 0 Å². The molecule has 4 rings (SSSR count). The molecule has 0 radical (unpaired) electrons. The lowest BCUT2D eigenvalue weighted by Gasteiger charge is -2.37. The van der Waals surface area contributed by atoms with Gasteiger partial charge in [0.25, 0.3) is 0 Å². The SMILES string of the molecule is Clc1ccc(OC2=CC(N3CCCN(C4CCC4)CC3)=CNC2)cc1Cl. The third-order valence-corrected chi connectivity index (χ3v) is 6.20. The van der Waals surface area contributed by atoms with Gasteiger partial charge in [-0.15, -0.1) is 0 Å². The minimum absolute atomic E-state index is 0.507. The molecular weight excluding hydrogens is 369 g/mol. The first kappa shape index (κ1) is 18.0. The Balaban J connectivity index is 1.40. The molecule has 0 spiro atoms. The van der Waals surface area contributed by atoms with Crippen molar-refractivity contribution in [2.45, 2.75) is 31.7 Å². The maximum absolute atomic E-state index is 6.08. The van der Waals surface area contributed by atoms with E-state index in [2.05, 4.69) is 27.4 Å². The van der Waals surface area contributed by atoms with E-state index in [0.29, 0.717) is 22.3 Å². The Hall–Kier alpha value is -1.36. The van der Waals surface area contributed by atoms with Crippen LogP contribution in [0.25, 0.3) is 0 Å². The van der Waals surface area contributed by atoms with Gasteiger partial charge in [-0.2, -0.15) is 0 Å². The van der Waals surface area contributed by atoms with E-state index in [4.69, 9.17) is 27.9 Å². The predicted octanol–water partition coefficient (Wildman–Crippen LogP) is 4.26. The molecule has 140 valence electrons. The molecule has 1 aliphatic carbocycles. The van der Waals surface area contributed by atoms with Gasteiger partial charge in [-0.1, -0.05) is 29.6 Å². The van der Waals surface area contributed by atoms with Crippen molar-refractivity contribution in [2.24, 2.45) is 0 Å². The van der Waals surface area contributed by atoms with Crippen molar-refractivity contribution in [1.29, 1.82) is 0 Å². The normalized spacial score (nSPS) is 22.0. The summed E-state index contributed by atoms with van der Waals surface area (Å²) in [5.41, 5.74) is 1.20. The number of dihydropyridines is 1. The highest BCUT2D eigenvalue weighted by Crippen LogP contribution is 2.29. The number of ether oxygens (including phenoxy) is 1. The summed E-state index contributed by atoms with van der Waals surface area (Å²) in [6.07, 6.45) is 9.61. The van der Waals surface area contributed by atoms with Gasteiger partial charge in [0.15, 0.2) is 0 Å². The maximum Gasteiger partial charge on any atom is 0.128 e. The summed E-state index contributed by atoms with van der Waals surface area (Å²) >= 11 is 12.1. The first-order valence-corrected chi connectivity index (χ1v) is 10.2. The molecule has 2 aliphatic heterocycles. The topological polar surface area (TPSA) is 27.7 Å². The van der Waals surface area contributed by atoms with Gasteiger partial charge in [0, 0.05) is 50.6 Å². The van der Waals surface area contributed by atoms with Crippen LogP contribution in [0.3, 0.4) is 0 Å². The van der Waals surface area contributed by atoms with Gasteiger partial charge in [0.2, 0.25) is 0 Å². The van der Waals surface area contributed by atoms with Crippen molar-refractivity contribution in [2.75, 3.05) is 32.7 Å². The molecular formula is C20H25Cl2N3O. The van der Waals surface area contributed by atoms with Gasteiger partial charge >= 0.3 is 0 Å². The smallest absolute Gasteiger partial charge is 0.128 e. The van der Waals surface area contributed by atoms with Gasteiger partial charge in [-0.3, -0.25) is 4.90 Å². The molecule has 1 aromatic carbocycles. The van der Waals surface area contributed by atoms with Crippen LogP contribution in [0.15, 0.2) is 41.9 Å². The van der Waals surface area contributed by atoms with E-state index in [-0.39, 0.29) is 0 Å². The van der Waals surface area contributed by atoms with E-state index in [1.807, 2.05) is 6.07 Å². The second-order valence-electron chi connectivity index (χ2n) is 7.20. The number of hydrogen-bond acceptors (Lipinski definition) is 4. The van der Waals surface area contributed by atoms with E-state index in [1.54, 1.807) is 12.1 Å². The Morgan fingerprint density at radius 3 is 2.65 bits per heavy atom. The second kappa shape index (κ2) is 8.12. The summed E-state index contributed by atoms with van der Waals surface area (Å²) in [6, 6.07) is 6.19. The summed E-state index contributed by atoms with van der Waals surface area (Å²) < 4.78 is 6.01. The lowest BCUT2D eigenvalue weighted by atomic mass is 9.91. The zero-order valence-corrected chi connectivity index (χ0v) is 16.4. The number of nitrogens with one attached hydrogen (secondary N) is 1. The van der Waals surface area contributed by atoms with E-state index in [0.717, 1.165) is 31.4 Å². The van der Waals surface area contributed by atoms with Crippen LogP contribution < -0.4 is 10.1 Å². The van der Waals surface area contributed by atoms with Crippen LogP contribution >= 0.6 is 23.2 Å². The van der Waals surface area contributed by atoms with Crippen LogP contribution in [-0.4, -0.2) is 48.6 Å². The lowest BCUT2D eigenvalue weighted by Crippen LogP contribution is -2.42. The molecule has 4 nitrogen and oxygen atoms in total. The molecule has 0 atom stereocenters. The van der Waals surface area contributed by atoms with Crippen molar-refractivity contribution >= 4 is 23.2 Å². The number of hydrogen-bond donors (Lipinski definition) is 1. The monoisotopic (exact) mass is 393 g/mol. The van der Waals surface area contributed by atoms with Gasteiger partial charge in [-0.05, 0) is 31.4 Å². The van der Waals surface area contributed by atoms with Crippen molar-refractivity contribution in [1.82, 2.24) is 15.1 Å². The minimum Gasteiger partial charge on any atom is -0.460 e. The van der Waals surface area contributed by atoms with Gasteiger partial charge < -0.3 is 15.0 Å². The molecule has 0 unspecified atom stereocenters. The number of halogens is 2. The Morgan fingerprint density at radius 1 is 1.00 bits per heavy atom. The fraction of sp³-hybridized carbons (Fsp3) is 0.500. The van der Waals surface area contributed by atoms with Crippen LogP contribution in [0.2, 0.25) is 10.0 Å². The number of rotatable bonds is 4. The highest BCUT2D eigenvalue weighted by atomic mass is 35.5. The molecule has 1 aromatic rings. The van der Waals surface area contributed by atoms with Crippen LogP contribution in [0.4, 0.5) is 0 Å². The quantitative estimate of drug-likeness (QED) is 0.826. The largest absolute Gasteiger partial charge is 0.460 e. The fourth-order valence-corrected chi connectivity index (χ4v) is 4.05. The highest BCUT2D eigenvalue weighted by Gasteiger charge is 2.27. The van der Waals surface area contributed by atoms with E-state index >= 15 is 0 Å². The van der Waals surface area contributed by atoms with E-state index < -0.39 is 0 Å². The average molecular weight is 394 g/mol. The molecule has 0 amide bonds. The Bertz CT molecular complexity index is 715. The summed E-state index contributed by atoms with van der Waals surface area (Å²) in [5.74, 6) is 1.60. The molecule has 1 saturated carbocycles. The van der Waals surface area contributed by atoms with Gasteiger partial charge in [0.1, 0.15) is 11.5 Å². The average Bonchev–Trinajstić information content (AvgIpc) is 2.83. The minimum atomic E-state index is 0.507. The molecule has 0 bridgehead atoms. The molecule has 0 aromatic heterocycles. The van der Waals surface area contributed by atoms with Crippen molar-refractivity contribution in [3.05, 3.63) is 52.0 Å². The lowest BCUT2D eigenvalue weighted by molar-refractivity contribution is 0.133. The molecule has 26 heavy (non-hydrogen) atoms. The first-order chi connectivity index (χ1) is 12.7. The summed E-state index contributed by atoms with van der Waals surface area (Å²) in [7, 11) is 0. The summed E-state index contributed by atoms with van der Waals surface area (Å²) in [4.78, 5) is 5.14. The Labute approximate surface area is 165 Å². The predicted molar refractivity (Wildman–Crippen MR) is 107 cm³/mol. The van der Waals surface area contributed by atoms with E-state index in [1.165, 1.54) is 37.9 Å². The highest BCUT2D eigenvalue weighted by molar-refractivity contribution is 6.42. The van der Waals surface area contributed by atoms with Crippen LogP contribution in [0, 0.1) is 0 Å². The fourth-order valence-electron chi connectivity index (χ4n) is 3.77.